The van der Waals surface area contributed by atoms with Crippen molar-refractivity contribution in [3.8, 4) is 11.4 Å². The van der Waals surface area contributed by atoms with Gasteiger partial charge in [-0.2, -0.15) is 0 Å². The molecule has 1 heterocycles. The molecule has 0 aliphatic rings. The van der Waals surface area contributed by atoms with Gasteiger partial charge in [-0.15, -0.1) is 5.10 Å². The van der Waals surface area contributed by atoms with Gasteiger partial charge in [-0.05, 0) is 46.7 Å². The Kier molecular flexibility index (Phi) is 3.70. The number of hydrogen-bond donors (Lipinski definition) is 1. The summed E-state index contributed by atoms with van der Waals surface area (Å²) in [5, 5.41) is 12.0. The lowest BCUT2D eigenvalue weighted by Crippen LogP contribution is -2.05. The Morgan fingerprint density at radius 2 is 1.90 bits per heavy atom. The predicted octanol–water partition coefficient (Wildman–Crippen LogP) is 3.04. The average molecular weight is 344 g/mol. The Morgan fingerprint density at radius 3 is 2.67 bits per heavy atom. The van der Waals surface area contributed by atoms with Crippen molar-refractivity contribution in [2.45, 2.75) is 13.5 Å². The summed E-state index contributed by atoms with van der Waals surface area (Å²) >= 11 is 3.43. The van der Waals surface area contributed by atoms with Crippen LogP contribution >= 0.6 is 15.9 Å². The molecule has 5 nitrogen and oxygen atoms in total. The molecule has 0 aliphatic carbocycles. The fourth-order valence-corrected chi connectivity index (χ4v) is 2.43. The number of nitrogens with two attached hydrogens (primary N) is 1. The Bertz CT molecular complexity index is 764. The van der Waals surface area contributed by atoms with E-state index in [-0.39, 0.29) is 0 Å². The second kappa shape index (κ2) is 5.65. The molecule has 0 bridgehead atoms. The molecule has 0 saturated carbocycles. The minimum absolute atomic E-state index is 0.615. The Hall–Kier alpha value is -2.21. The largest absolute Gasteiger partial charge is 0.398 e. The molecule has 0 unspecified atom stereocenters. The van der Waals surface area contributed by atoms with E-state index < -0.39 is 0 Å². The number of nitrogens with zero attached hydrogens (tertiary/aromatic N) is 4. The van der Waals surface area contributed by atoms with Gasteiger partial charge in [0, 0.05) is 15.7 Å². The normalized spacial score (nSPS) is 10.8. The fourth-order valence-electron chi connectivity index (χ4n) is 2.16. The van der Waals surface area contributed by atoms with Crippen molar-refractivity contribution in [3.63, 3.8) is 0 Å². The first-order chi connectivity index (χ1) is 10.1. The molecule has 0 fully saturated rings. The molecule has 0 amide bonds. The van der Waals surface area contributed by atoms with E-state index in [9.17, 15) is 0 Å². The van der Waals surface area contributed by atoms with E-state index in [2.05, 4.69) is 31.5 Å². The summed E-state index contributed by atoms with van der Waals surface area (Å²) in [6, 6.07) is 13.9. The maximum Gasteiger partial charge on any atom is 0.182 e. The Labute approximate surface area is 130 Å². The minimum atomic E-state index is 0.615. The zero-order valence-electron chi connectivity index (χ0n) is 11.5. The van der Waals surface area contributed by atoms with Crippen LogP contribution in [-0.4, -0.2) is 20.2 Å². The molecule has 106 valence electrons. The summed E-state index contributed by atoms with van der Waals surface area (Å²) in [6.45, 7) is 2.59. The van der Waals surface area contributed by atoms with Crippen molar-refractivity contribution < 1.29 is 0 Å². The van der Waals surface area contributed by atoms with Gasteiger partial charge < -0.3 is 5.73 Å². The third kappa shape index (κ3) is 2.80. The van der Waals surface area contributed by atoms with Crippen LogP contribution in [0.3, 0.4) is 0 Å². The van der Waals surface area contributed by atoms with E-state index in [4.69, 9.17) is 5.73 Å². The smallest absolute Gasteiger partial charge is 0.182 e. The Balaban J connectivity index is 1.97. The summed E-state index contributed by atoms with van der Waals surface area (Å²) in [7, 11) is 0. The van der Waals surface area contributed by atoms with E-state index in [1.165, 1.54) is 0 Å². The van der Waals surface area contributed by atoms with Gasteiger partial charge in [0.25, 0.3) is 0 Å². The number of aromatic nitrogens is 4. The van der Waals surface area contributed by atoms with Crippen molar-refractivity contribution in [2.24, 2.45) is 0 Å². The van der Waals surface area contributed by atoms with Crippen LogP contribution in [0.25, 0.3) is 11.4 Å². The zero-order chi connectivity index (χ0) is 14.8. The molecule has 21 heavy (non-hydrogen) atoms. The van der Waals surface area contributed by atoms with Crippen molar-refractivity contribution in [1.82, 2.24) is 20.2 Å². The monoisotopic (exact) mass is 343 g/mol. The molecule has 3 rings (SSSR count). The number of hydrogen-bond acceptors (Lipinski definition) is 4. The first kappa shape index (κ1) is 13.8. The van der Waals surface area contributed by atoms with E-state index in [1.807, 2.05) is 49.4 Å². The molecule has 0 aliphatic heterocycles. The second-order valence-corrected chi connectivity index (χ2v) is 5.72. The lowest BCUT2D eigenvalue weighted by Gasteiger charge is -2.09. The number of benzene rings is 2. The highest BCUT2D eigenvalue weighted by Gasteiger charge is 2.12. The van der Waals surface area contributed by atoms with Crippen molar-refractivity contribution >= 4 is 21.6 Å². The SMILES string of the molecule is Cc1c(N)cccc1-c1nnnn1Cc1ccc(Br)cc1. The van der Waals surface area contributed by atoms with Crippen LogP contribution in [0.5, 0.6) is 0 Å². The number of anilines is 1. The third-order valence-corrected chi connectivity index (χ3v) is 3.92. The second-order valence-electron chi connectivity index (χ2n) is 4.81. The topological polar surface area (TPSA) is 69.6 Å². The summed E-state index contributed by atoms with van der Waals surface area (Å²) in [4.78, 5) is 0. The molecule has 1 aromatic heterocycles. The van der Waals surface area contributed by atoms with Crippen LogP contribution in [0.4, 0.5) is 5.69 Å². The molecule has 0 saturated heterocycles. The standard InChI is InChI=1S/C15H14BrN5/c1-10-13(3-2-4-14(10)17)15-18-19-20-21(15)9-11-5-7-12(16)8-6-11/h2-8H,9,17H2,1H3. The highest BCUT2D eigenvalue weighted by atomic mass is 79.9. The van der Waals surface area contributed by atoms with Gasteiger partial charge >= 0.3 is 0 Å². The third-order valence-electron chi connectivity index (χ3n) is 3.39. The average Bonchev–Trinajstić information content (AvgIpc) is 2.92. The summed E-state index contributed by atoms with van der Waals surface area (Å²) in [5.41, 5.74) is 9.78. The molecule has 0 spiro atoms. The molecule has 3 aromatic rings. The van der Waals surface area contributed by atoms with Gasteiger partial charge in [0.1, 0.15) is 0 Å². The van der Waals surface area contributed by atoms with E-state index in [0.29, 0.717) is 6.54 Å². The highest BCUT2D eigenvalue weighted by Crippen LogP contribution is 2.25. The highest BCUT2D eigenvalue weighted by molar-refractivity contribution is 9.10. The van der Waals surface area contributed by atoms with Crippen LogP contribution in [0.15, 0.2) is 46.9 Å². The molecule has 0 atom stereocenters. The van der Waals surface area contributed by atoms with E-state index in [1.54, 1.807) is 4.68 Å². The lowest BCUT2D eigenvalue weighted by atomic mass is 10.1. The summed E-state index contributed by atoms with van der Waals surface area (Å²) < 4.78 is 2.83. The quantitative estimate of drug-likeness (QED) is 0.742. The van der Waals surface area contributed by atoms with Crippen molar-refractivity contribution in [2.75, 3.05) is 5.73 Å². The Morgan fingerprint density at radius 1 is 1.14 bits per heavy atom. The molecule has 2 N–H and O–H groups in total. The predicted molar refractivity (Wildman–Crippen MR) is 85.6 cm³/mol. The number of nitrogen functional groups attached to an aromatic ring is 1. The van der Waals surface area contributed by atoms with Crippen LogP contribution in [-0.2, 0) is 6.54 Å². The van der Waals surface area contributed by atoms with E-state index in [0.717, 1.165) is 32.7 Å². The number of rotatable bonds is 3. The van der Waals surface area contributed by atoms with Crippen LogP contribution in [0, 0.1) is 6.92 Å². The van der Waals surface area contributed by atoms with Gasteiger partial charge in [-0.1, -0.05) is 40.2 Å². The molecule has 6 heteroatoms. The zero-order valence-corrected chi connectivity index (χ0v) is 13.1. The molecule has 0 radical (unpaired) electrons. The van der Waals surface area contributed by atoms with Gasteiger partial charge in [0.15, 0.2) is 5.82 Å². The first-order valence-corrected chi connectivity index (χ1v) is 7.30. The number of halogens is 1. The molecular formula is C15H14BrN5. The van der Waals surface area contributed by atoms with Crippen LogP contribution in [0.2, 0.25) is 0 Å². The summed E-state index contributed by atoms with van der Waals surface area (Å²) in [6.07, 6.45) is 0. The molecular weight excluding hydrogens is 330 g/mol. The minimum Gasteiger partial charge on any atom is -0.398 e. The molecule has 2 aromatic carbocycles. The lowest BCUT2D eigenvalue weighted by molar-refractivity contribution is 0.653. The van der Waals surface area contributed by atoms with Gasteiger partial charge in [0.2, 0.25) is 0 Å². The van der Waals surface area contributed by atoms with Gasteiger partial charge in [-0.25, -0.2) is 4.68 Å². The first-order valence-electron chi connectivity index (χ1n) is 6.51. The van der Waals surface area contributed by atoms with Crippen LogP contribution < -0.4 is 5.73 Å². The van der Waals surface area contributed by atoms with E-state index >= 15 is 0 Å². The number of tetrazole rings is 1. The van der Waals surface area contributed by atoms with Crippen LogP contribution in [0.1, 0.15) is 11.1 Å². The van der Waals surface area contributed by atoms with Gasteiger partial charge in [-0.3, -0.25) is 0 Å². The van der Waals surface area contributed by atoms with Crippen molar-refractivity contribution in [3.05, 3.63) is 58.1 Å². The fraction of sp³-hybridized carbons (Fsp3) is 0.133. The maximum absolute atomic E-state index is 5.96. The van der Waals surface area contributed by atoms with Gasteiger partial charge in [0.05, 0.1) is 6.54 Å². The summed E-state index contributed by atoms with van der Waals surface area (Å²) in [5.74, 6) is 0.725. The van der Waals surface area contributed by atoms with Crippen molar-refractivity contribution in [1.29, 1.82) is 0 Å². The maximum atomic E-state index is 5.96.